The minimum atomic E-state index is -0.541. The van der Waals surface area contributed by atoms with Crippen LogP contribution in [0.3, 0.4) is 0 Å². The molecule has 52 heavy (non-hydrogen) atoms. The van der Waals surface area contributed by atoms with Crippen molar-refractivity contribution in [2.75, 3.05) is 4.90 Å². The van der Waals surface area contributed by atoms with E-state index in [0.29, 0.717) is 0 Å². The van der Waals surface area contributed by atoms with Crippen LogP contribution in [-0.4, -0.2) is 0 Å². The topological polar surface area (TPSA) is 12.5 Å². The molecule has 1 aliphatic carbocycles. The summed E-state index contributed by atoms with van der Waals surface area (Å²) in [7, 11) is 0. The van der Waals surface area contributed by atoms with E-state index < -0.39 is 5.41 Å². The van der Waals surface area contributed by atoms with Crippen molar-refractivity contribution in [2.45, 2.75) is 5.41 Å². The lowest BCUT2D eigenvalue weighted by atomic mass is 9.66. The molecule has 8 aromatic carbocycles. The van der Waals surface area contributed by atoms with E-state index in [9.17, 15) is 0 Å². The Bertz CT molecular complexity index is 2810. The first-order valence-electron chi connectivity index (χ1n) is 17.8. The van der Waals surface area contributed by atoms with Crippen LogP contribution in [0.5, 0.6) is 11.5 Å². The molecule has 0 bridgehead atoms. The van der Waals surface area contributed by atoms with Crippen LogP contribution in [0.2, 0.25) is 0 Å². The molecule has 1 aliphatic heterocycles. The van der Waals surface area contributed by atoms with Gasteiger partial charge in [0.05, 0.1) is 11.1 Å². The summed E-state index contributed by atoms with van der Waals surface area (Å²) < 4.78 is 9.24. The van der Waals surface area contributed by atoms with Crippen LogP contribution in [0.15, 0.2) is 188 Å². The number of benzene rings is 8. The van der Waals surface area contributed by atoms with Gasteiger partial charge in [-0.1, -0.05) is 127 Å². The zero-order chi connectivity index (χ0) is 34.2. The summed E-state index contributed by atoms with van der Waals surface area (Å²) in [6.45, 7) is 0. The summed E-state index contributed by atoms with van der Waals surface area (Å²) >= 11 is 1.86. The molecule has 0 fully saturated rings. The quantitative estimate of drug-likeness (QED) is 0.183. The van der Waals surface area contributed by atoms with E-state index in [-0.39, 0.29) is 0 Å². The third-order valence-corrected chi connectivity index (χ3v) is 12.1. The highest BCUT2D eigenvalue weighted by Gasteiger charge is 2.51. The Balaban J connectivity index is 1.17. The van der Waals surface area contributed by atoms with Crippen LogP contribution in [0.25, 0.3) is 42.4 Å². The molecule has 0 unspecified atom stereocenters. The zero-order valence-electron chi connectivity index (χ0n) is 28.2. The number of nitrogens with zero attached hydrogens (tertiary/aromatic N) is 1. The van der Waals surface area contributed by atoms with Gasteiger partial charge in [-0.2, -0.15) is 0 Å². The lowest BCUT2D eigenvalue weighted by Crippen LogP contribution is -2.32. The maximum Gasteiger partial charge on any atom is 0.132 e. The Morgan fingerprint density at radius 2 is 1.02 bits per heavy atom. The summed E-state index contributed by atoms with van der Waals surface area (Å²) in [5, 5.41) is 2.61. The number of anilines is 3. The molecule has 0 saturated carbocycles. The molecule has 2 heterocycles. The second kappa shape index (κ2) is 11.3. The first kappa shape index (κ1) is 29.3. The fourth-order valence-electron chi connectivity index (χ4n) is 8.79. The molecular weight excluding hydrogens is 651 g/mol. The lowest BCUT2D eigenvalue weighted by Gasteiger charge is -2.39. The van der Waals surface area contributed by atoms with E-state index in [0.717, 1.165) is 28.6 Å². The minimum absolute atomic E-state index is 0.541. The molecule has 0 N–H and O–H groups in total. The van der Waals surface area contributed by atoms with Gasteiger partial charge in [0.1, 0.15) is 11.5 Å². The van der Waals surface area contributed by atoms with Gasteiger partial charge in [0, 0.05) is 48.2 Å². The molecule has 2 aliphatic rings. The summed E-state index contributed by atoms with van der Waals surface area (Å²) in [6, 6.07) is 68.4. The highest BCUT2D eigenvalue weighted by Crippen LogP contribution is 2.62. The second-order valence-corrected chi connectivity index (χ2v) is 14.7. The van der Waals surface area contributed by atoms with Crippen LogP contribution in [0, 0.1) is 0 Å². The number of ether oxygens (including phenoxy) is 1. The van der Waals surface area contributed by atoms with Gasteiger partial charge >= 0.3 is 0 Å². The summed E-state index contributed by atoms with van der Waals surface area (Å²) in [5.41, 5.74) is 12.6. The first-order valence-corrected chi connectivity index (χ1v) is 18.6. The molecule has 2 nitrogen and oxygen atoms in total. The molecule has 3 heteroatoms. The molecule has 0 saturated heterocycles. The Kier molecular flexibility index (Phi) is 6.37. The smallest absolute Gasteiger partial charge is 0.132 e. The number of thiophene rings is 1. The van der Waals surface area contributed by atoms with E-state index in [1.807, 2.05) is 11.3 Å². The normalized spacial score (nSPS) is 13.3. The van der Waals surface area contributed by atoms with Gasteiger partial charge in [-0.25, -0.2) is 0 Å². The molecule has 1 aromatic heterocycles. The Hall–Kier alpha value is -6.42. The van der Waals surface area contributed by atoms with Gasteiger partial charge in [-0.15, -0.1) is 11.3 Å². The van der Waals surface area contributed by atoms with Crippen LogP contribution in [0.1, 0.15) is 22.3 Å². The summed E-state index contributed by atoms with van der Waals surface area (Å²) in [5.74, 6) is 1.80. The van der Waals surface area contributed by atoms with Crippen LogP contribution < -0.4 is 9.64 Å². The number of fused-ring (bicyclic) bond motifs is 12. The van der Waals surface area contributed by atoms with Gasteiger partial charge in [0.2, 0.25) is 0 Å². The van der Waals surface area contributed by atoms with Gasteiger partial charge in [0.25, 0.3) is 0 Å². The van der Waals surface area contributed by atoms with Crippen molar-refractivity contribution < 1.29 is 4.74 Å². The second-order valence-electron chi connectivity index (χ2n) is 13.6. The molecule has 0 amide bonds. The maximum absolute atomic E-state index is 6.62. The molecule has 244 valence electrons. The van der Waals surface area contributed by atoms with Crippen molar-refractivity contribution in [1.82, 2.24) is 0 Å². The van der Waals surface area contributed by atoms with Crippen LogP contribution in [0.4, 0.5) is 17.1 Å². The number of para-hydroxylation sites is 4. The van der Waals surface area contributed by atoms with E-state index in [1.54, 1.807) is 0 Å². The third-order valence-electron chi connectivity index (χ3n) is 10.9. The number of rotatable bonds is 4. The molecule has 11 rings (SSSR count). The number of hydrogen-bond donors (Lipinski definition) is 0. The molecule has 0 radical (unpaired) electrons. The zero-order valence-corrected chi connectivity index (χ0v) is 29.0. The van der Waals surface area contributed by atoms with Gasteiger partial charge in [-0.3, -0.25) is 0 Å². The largest absolute Gasteiger partial charge is 0.457 e. The van der Waals surface area contributed by atoms with E-state index in [4.69, 9.17) is 4.74 Å². The van der Waals surface area contributed by atoms with Gasteiger partial charge in [0.15, 0.2) is 0 Å². The minimum Gasteiger partial charge on any atom is -0.457 e. The van der Waals surface area contributed by atoms with Crippen molar-refractivity contribution in [3.05, 3.63) is 210 Å². The van der Waals surface area contributed by atoms with Crippen LogP contribution >= 0.6 is 11.3 Å². The average Bonchev–Trinajstić information content (AvgIpc) is 3.72. The Labute approximate surface area is 306 Å². The van der Waals surface area contributed by atoms with Crippen molar-refractivity contribution in [2.24, 2.45) is 0 Å². The van der Waals surface area contributed by atoms with Crippen molar-refractivity contribution in [3.63, 3.8) is 0 Å². The molecule has 1 spiro atoms. The SMILES string of the molecule is c1ccc(N(c2ccc3c(c2)C2(c4ccccc4Oc4ccccc42)c2ccccc2-3)c2ccccc2-c2ccc3sc4ccccc4c3c2)cc1. The average molecular weight is 682 g/mol. The van der Waals surface area contributed by atoms with Crippen molar-refractivity contribution in [1.29, 1.82) is 0 Å². The van der Waals surface area contributed by atoms with Crippen molar-refractivity contribution >= 4 is 48.6 Å². The Morgan fingerprint density at radius 1 is 0.404 bits per heavy atom. The highest BCUT2D eigenvalue weighted by atomic mass is 32.1. The maximum atomic E-state index is 6.62. The van der Waals surface area contributed by atoms with Crippen LogP contribution in [-0.2, 0) is 5.41 Å². The third kappa shape index (κ3) is 4.11. The van der Waals surface area contributed by atoms with Gasteiger partial charge in [-0.05, 0) is 88.5 Å². The van der Waals surface area contributed by atoms with E-state index in [2.05, 4.69) is 193 Å². The first-order chi connectivity index (χ1) is 25.8. The highest BCUT2D eigenvalue weighted by molar-refractivity contribution is 7.25. The summed E-state index contributed by atoms with van der Waals surface area (Å²) in [6.07, 6.45) is 0. The summed E-state index contributed by atoms with van der Waals surface area (Å²) in [4.78, 5) is 2.43. The van der Waals surface area contributed by atoms with Gasteiger partial charge < -0.3 is 9.64 Å². The van der Waals surface area contributed by atoms with E-state index in [1.165, 1.54) is 64.7 Å². The standard InChI is InChI=1S/C49H31NOS/c1-2-14-33(15-3-1)50(44-22-10-5-16-35(44)32-26-29-48-39(30-32)38-18-6-13-25-47(38)52-48)34-27-28-37-36-17-4-7-19-40(36)49(43(37)31-34)41-20-8-11-23-45(41)51-46-24-12-9-21-42(46)49/h1-31H. The molecular formula is C49H31NOS. The fourth-order valence-corrected chi connectivity index (χ4v) is 9.88. The van der Waals surface area contributed by atoms with Crippen molar-refractivity contribution in [3.8, 4) is 33.8 Å². The predicted molar refractivity (Wildman–Crippen MR) is 217 cm³/mol. The Morgan fingerprint density at radius 3 is 1.83 bits per heavy atom. The monoisotopic (exact) mass is 681 g/mol. The molecule has 9 aromatic rings. The van der Waals surface area contributed by atoms with E-state index >= 15 is 0 Å². The molecule has 0 atom stereocenters. The number of hydrogen-bond acceptors (Lipinski definition) is 3. The fraction of sp³-hybridized carbons (Fsp3) is 0.0204. The lowest BCUT2D eigenvalue weighted by molar-refractivity contribution is 0.436. The predicted octanol–water partition coefficient (Wildman–Crippen LogP) is 13.7.